The molecule has 0 aliphatic carbocycles. The Morgan fingerprint density at radius 1 is 1.04 bits per heavy atom. The van der Waals surface area contributed by atoms with Crippen LogP contribution in [-0.4, -0.2) is 29.4 Å². The predicted molar refractivity (Wildman–Crippen MR) is 98.6 cm³/mol. The van der Waals surface area contributed by atoms with Crippen LogP contribution in [0.25, 0.3) is 6.08 Å². The lowest BCUT2D eigenvalue weighted by Crippen LogP contribution is -2.42. The second kappa shape index (κ2) is 9.42. The van der Waals surface area contributed by atoms with Crippen LogP contribution in [-0.2, 0) is 20.9 Å². The van der Waals surface area contributed by atoms with Crippen molar-refractivity contribution in [2.45, 2.75) is 26.4 Å². The molecule has 0 saturated carbocycles. The highest BCUT2D eigenvalue weighted by atomic mass is 16.5. The van der Waals surface area contributed by atoms with Gasteiger partial charge in [-0.05, 0) is 31.1 Å². The van der Waals surface area contributed by atoms with Crippen molar-refractivity contribution in [1.29, 1.82) is 0 Å². The Hall–Kier alpha value is -2.88. The number of hydrogen-bond donors (Lipinski definition) is 0. The number of nitrogens with zero attached hydrogens (tertiary/aromatic N) is 1. The van der Waals surface area contributed by atoms with Crippen LogP contribution in [0, 0.1) is 0 Å². The predicted octanol–water partition coefficient (Wildman–Crippen LogP) is 3.68. The van der Waals surface area contributed by atoms with Gasteiger partial charge in [0, 0.05) is 12.6 Å². The summed E-state index contributed by atoms with van der Waals surface area (Å²) in [6.07, 6.45) is 3.24. The van der Waals surface area contributed by atoms with Crippen LogP contribution < -0.4 is 0 Å². The lowest BCUT2D eigenvalue weighted by Gasteiger charge is -2.27. The van der Waals surface area contributed by atoms with Crippen LogP contribution in [0.4, 0.5) is 0 Å². The van der Waals surface area contributed by atoms with Crippen molar-refractivity contribution in [1.82, 2.24) is 4.90 Å². The number of rotatable bonds is 7. The summed E-state index contributed by atoms with van der Waals surface area (Å²) in [6.45, 7) is 4.08. The van der Waals surface area contributed by atoms with Gasteiger partial charge in [0.05, 0.1) is 6.61 Å². The zero-order valence-corrected chi connectivity index (χ0v) is 14.6. The van der Waals surface area contributed by atoms with E-state index in [0.717, 1.165) is 11.1 Å². The minimum atomic E-state index is -0.659. The fourth-order valence-corrected chi connectivity index (χ4v) is 2.40. The molecule has 0 aliphatic heterocycles. The van der Waals surface area contributed by atoms with Gasteiger partial charge in [0.2, 0.25) is 5.91 Å². The van der Waals surface area contributed by atoms with Crippen molar-refractivity contribution < 1.29 is 14.3 Å². The highest BCUT2D eigenvalue weighted by molar-refractivity contribution is 5.94. The average Bonchev–Trinajstić information content (AvgIpc) is 2.65. The lowest BCUT2D eigenvalue weighted by atomic mass is 10.1. The molecule has 0 radical (unpaired) electrons. The van der Waals surface area contributed by atoms with E-state index in [1.54, 1.807) is 19.9 Å². The quantitative estimate of drug-likeness (QED) is 0.572. The Balaban J connectivity index is 2.19. The molecule has 4 nitrogen and oxygen atoms in total. The molecule has 130 valence electrons. The standard InChI is InChI=1S/C21H23NO3/c1-3-25-21(24)17(2)22(16-19-12-8-5-9-13-19)20(23)15-14-18-10-6-4-7-11-18/h4-15,17H,3,16H2,1-2H3/b15-14+. The molecule has 25 heavy (non-hydrogen) atoms. The monoisotopic (exact) mass is 337 g/mol. The number of ether oxygens (including phenoxy) is 1. The first-order valence-electron chi connectivity index (χ1n) is 8.36. The Kier molecular flexibility index (Phi) is 6.96. The van der Waals surface area contributed by atoms with E-state index in [9.17, 15) is 9.59 Å². The van der Waals surface area contributed by atoms with E-state index in [1.807, 2.05) is 60.7 Å². The van der Waals surface area contributed by atoms with E-state index in [0.29, 0.717) is 6.54 Å². The van der Waals surface area contributed by atoms with Crippen molar-refractivity contribution in [3.8, 4) is 0 Å². The third-order valence-electron chi connectivity index (χ3n) is 3.79. The summed E-state index contributed by atoms with van der Waals surface area (Å²) < 4.78 is 5.08. The number of benzene rings is 2. The zero-order chi connectivity index (χ0) is 18.1. The topological polar surface area (TPSA) is 46.6 Å². The molecule has 0 fully saturated rings. The molecule has 0 bridgehead atoms. The van der Waals surface area contributed by atoms with Crippen LogP contribution in [0.2, 0.25) is 0 Å². The van der Waals surface area contributed by atoms with Gasteiger partial charge in [-0.15, -0.1) is 0 Å². The lowest BCUT2D eigenvalue weighted by molar-refractivity contribution is -0.153. The number of amides is 1. The first kappa shape index (κ1) is 18.5. The summed E-state index contributed by atoms with van der Waals surface area (Å²) in [7, 11) is 0. The van der Waals surface area contributed by atoms with Gasteiger partial charge in [-0.2, -0.15) is 0 Å². The maximum atomic E-state index is 12.7. The smallest absolute Gasteiger partial charge is 0.328 e. The normalized spacial score (nSPS) is 11.9. The maximum Gasteiger partial charge on any atom is 0.328 e. The molecule has 0 heterocycles. The van der Waals surface area contributed by atoms with Crippen LogP contribution in [0.15, 0.2) is 66.7 Å². The van der Waals surface area contributed by atoms with Crippen LogP contribution in [0.1, 0.15) is 25.0 Å². The SMILES string of the molecule is CCOC(=O)C(C)N(Cc1ccccc1)C(=O)/C=C/c1ccccc1. The Bertz CT molecular complexity index is 710. The minimum Gasteiger partial charge on any atom is -0.464 e. The molecule has 1 amide bonds. The largest absolute Gasteiger partial charge is 0.464 e. The van der Waals surface area contributed by atoms with Gasteiger partial charge < -0.3 is 9.64 Å². The fourth-order valence-electron chi connectivity index (χ4n) is 2.40. The first-order chi connectivity index (χ1) is 12.1. The molecule has 2 aromatic carbocycles. The van der Waals surface area contributed by atoms with Crippen molar-refractivity contribution in [2.75, 3.05) is 6.61 Å². The molecular formula is C21H23NO3. The van der Waals surface area contributed by atoms with Gasteiger partial charge in [0.25, 0.3) is 0 Å². The molecule has 1 atom stereocenters. The van der Waals surface area contributed by atoms with Crippen molar-refractivity contribution >= 4 is 18.0 Å². The summed E-state index contributed by atoms with van der Waals surface area (Å²) in [5, 5.41) is 0. The summed E-state index contributed by atoms with van der Waals surface area (Å²) in [5.41, 5.74) is 1.89. The number of carbonyl (C=O) groups excluding carboxylic acids is 2. The Morgan fingerprint density at radius 2 is 1.64 bits per heavy atom. The molecule has 0 saturated heterocycles. The molecule has 0 aliphatic rings. The Morgan fingerprint density at radius 3 is 2.24 bits per heavy atom. The third-order valence-corrected chi connectivity index (χ3v) is 3.79. The van der Waals surface area contributed by atoms with Crippen LogP contribution in [0.3, 0.4) is 0 Å². The highest BCUT2D eigenvalue weighted by Gasteiger charge is 2.25. The third kappa shape index (κ3) is 5.60. The zero-order valence-electron chi connectivity index (χ0n) is 14.6. The van der Waals surface area contributed by atoms with Crippen molar-refractivity contribution in [2.24, 2.45) is 0 Å². The first-order valence-corrected chi connectivity index (χ1v) is 8.36. The number of esters is 1. The summed E-state index contributed by atoms with van der Waals surface area (Å²) in [4.78, 5) is 26.3. The van der Waals surface area contributed by atoms with Crippen LogP contribution in [0.5, 0.6) is 0 Å². The van der Waals surface area contributed by atoms with Crippen molar-refractivity contribution in [3.05, 3.63) is 77.9 Å². The van der Waals surface area contributed by atoms with E-state index >= 15 is 0 Å². The summed E-state index contributed by atoms with van der Waals surface area (Å²) in [5.74, 6) is -0.631. The molecule has 2 aromatic rings. The molecule has 4 heteroatoms. The second-order valence-electron chi connectivity index (χ2n) is 5.62. The van der Waals surface area contributed by atoms with Gasteiger partial charge in [0.15, 0.2) is 0 Å². The molecule has 1 unspecified atom stereocenters. The number of carbonyl (C=O) groups is 2. The van der Waals surface area contributed by atoms with Crippen LogP contribution >= 0.6 is 0 Å². The van der Waals surface area contributed by atoms with Gasteiger partial charge >= 0.3 is 5.97 Å². The minimum absolute atomic E-state index is 0.228. The van der Waals surface area contributed by atoms with Gasteiger partial charge in [-0.1, -0.05) is 60.7 Å². The molecule has 0 spiro atoms. The van der Waals surface area contributed by atoms with E-state index in [-0.39, 0.29) is 12.5 Å². The average molecular weight is 337 g/mol. The van der Waals surface area contributed by atoms with Crippen molar-refractivity contribution in [3.63, 3.8) is 0 Å². The molecular weight excluding hydrogens is 314 g/mol. The van der Waals surface area contributed by atoms with E-state index in [1.165, 1.54) is 11.0 Å². The molecule has 2 rings (SSSR count). The van der Waals surface area contributed by atoms with E-state index in [4.69, 9.17) is 4.74 Å². The van der Waals surface area contributed by atoms with E-state index in [2.05, 4.69) is 0 Å². The molecule has 0 N–H and O–H groups in total. The molecule has 0 aromatic heterocycles. The highest BCUT2D eigenvalue weighted by Crippen LogP contribution is 2.12. The van der Waals surface area contributed by atoms with Gasteiger partial charge in [-0.3, -0.25) is 4.79 Å². The summed E-state index contributed by atoms with van der Waals surface area (Å²) >= 11 is 0. The van der Waals surface area contributed by atoms with Gasteiger partial charge in [0.1, 0.15) is 6.04 Å². The maximum absolute atomic E-state index is 12.7. The Labute approximate surface area is 148 Å². The van der Waals surface area contributed by atoms with E-state index < -0.39 is 12.0 Å². The fraction of sp³-hybridized carbons (Fsp3) is 0.238. The van der Waals surface area contributed by atoms with Gasteiger partial charge in [-0.25, -0.2) is 4.79 Å². The number of hydrogen-bond acceptors (Lipinski definition) is 3. The summed E-state index contributed by atoms with van der Waals surface area (Å²) in [6, 6.07) is 18.5. The second-order valence-corrected chi connectivity index (χ2v) is 5.62.